The summed E-state index contributed by atoms with van der Waals surface area (Å²) in [6, 6.07) is 3.39. The summed E-state index contributed by atoms with van der Waals surface area (Å²) in [6.45, 7) is 0. The summed E-state index contributed by atoms with van der Waals surface area (Å²) < 4.78 is 66.1. The second kappa shape index (κ2) is 5.56. The molecule has 0 aromatic heterocycles. The van der Waals surface area contributed by atoms with Crippen molar-refractivity contribution in [2.75, 3.05) is 0 Å². The van der Waals surface area contributed by atoms with Crippen molar-refractivity contribution in [1.29, 1.82) is 0 Å². The minimum Gasteiger partial charge on any atom is -0.271 e. The number of nitrogens with two attached hydrogens (primary N) is 1. The first-order valence-corrected chi connectivity index (χ1v) is 5.50. The Kier molecular flexibility index (Phi) is 4.01. The molecule has 0 amide bonds. The highest BCUT2D eigenvalue weighted by Crippen LogP contribution is 2.27. The smallest absolute Gasteiger partial charge is 0.194 e. The van der Waals surface area contributed by atoms with Crippen molar-refractivity contribution in [3.05, 3.63) is 70.5 Å². The van der Waals surface area contributed by atoms with Gasteiger partial charge in [0.15, 0.2) is 29.1 Å². The molecule has 106 valence electrons. The molecule has 0 spiro atoms. The van der Waals surface area contributed by atoms with E-state index >= 15 is 0 Å². The number of rotatable bonds is 3. The van der Waals surface area contributed by atoms with Gasteiger partial charge in [-0.1, -0.05) is 12.1 Å². The summed E-state index contributed by atoms with van der Waals surface area (Å²) in [5.41, 5.74) is 1.69. The Labute approximate surface area is 111 Å². The fraction of sp³-hybridized carbons (Fsp3) is 0.0769. The second-order valence-electron chi connectivity index (χ2n) is 4.04. The summed E-state index contributed by atoms with van der Waals surface area (Å²) in [4.78, 5) is 0. The molecule has 2 aromatic carbocycles. The van der Waals surface area contributed by atoms with Gasteiger partial charge in [0, 0.05) is 5.56 Å². The Morgan fingerprint density at radius 3 is 2.00 bits per heavy atom. The van der Waals surface area contributed by atoms with E-state index in [4.69, 9.17) is 5.84 Å². The van der Waals surface area contributed by atoms with Crippen molar-refractivity contribution in [1.82, 2.24) is 5.43 Å². The van der Waals surface area contributed by atoms with Crippen LogP contribution in [-0.4, -0.2) is 0 Å². The number of halogens is 5. The van der Waals surface area contributed by atoms with E-state index in [-0.39, 0.29) is 11.1 Å². The normalized spacial score (nSPS) is 12.5. The van der Waals surface area contributed by atoms with Crippen LogP contribution in [0.5, 0.6) is 0 Å². The molecule has 1 atom stereocenters. The van der Waals surface area contributed by atoms with Gasteiger partial charge in [-0.3, -0.25) is 5.84 Å². The van der Waals surface area contributed by atoms with Gasteiger partial charge >= 0.3 is 0 Å². The first-order valence-electron chi connectivity index (χ1n) is 5.50. The van der Waals surface area contributed by atoms with Crippen molar-refractivity contribution in [2.45, 2.75) is 6.04 Å². The number of nitrogens with one attached hydrogen (secondary N) is 1. The maximum absolute atomic E-state index is 13.7. The third-order valence-electron chi connectivity index (χ3n) is 2.80. The van der Waals surface area contributed by atoms with E-state index in [0.29, 0.717) is 12.1 Å². The van der Waals surface area contributed by atoms with E-state index in [9.17, 15) is 22.0 Å². The van der Waals surface area contributed by atoms with E-state index in [1.165, 1.54) is 12.1 Å². The number of hydrogen-bond acceptors (Lipinski definition) is 2. The molecule has 0 bridgehead atoms. The Bertz CT molecular complexity index is 622. The zero-order valence-electron chi connectivity index (χ0n) is 9.93. The second-order valence-corrected chi connectivity index (χ2v) is 4.04. The van der Waals surface area contributed by atoms with Crippen LogP contribution in [0.4, 0.5) is 22.0 Å². The summed E-state index contributed by atoms with van der Waals surface area (Å²) in [7, 11) is 0. The molecule has 20 heavy (non-hydrogen) atoms. The highest BCUT2D eigenvalue weighted by Gasteiger charge is 2.22. The predicted molar refractivity (Wildman–Crippen MR) is 61.8 cm³/mol. The van der Waals surface area contributed by atoms with Crippen LogP contribution in [0.15, 0.2) is 30.3 Å². The molecule has 1 unspecified atom stereocenters. The molecule has 2 nitrogen and oxygen atoms in total. The van der Waals surface area contributed by atoms with Crippen molar-refractivity contribution in [3.8, 4) is 0 Å². The predicted octanol–water partition coefficient (Wildman–Crippen LogP) is 2.93. The highest BCUT2D eigenvalue weighted by molar-refractivity contribution is 5.34. The molecular formula is C13H9F5N2. The van der Waals surface area contributed by atoms with Crippen molar-refractivity contribution in [2.24, 2.45) is 5.84 Å². The molecule has 0 aliphatic carbocycles. The molecule has 2 aromatic rings. The molecule has 7 heteroatoms. The SMILES string of the molecule is NNC(c1cc(F)c(F)c(F)c1)c1cccc(F)c1F. The van der Waals surface area contributed by atoms with Gasteiger partial charge in [-0.25, -0.2) is 27.4 Å². The van der Waals surface area contributed by atoms with Crippen LogP contribution in [0, 0.1) is 29.1 Å². The largest absolute Gasteiger partial charge is 0.271 e. The Morgan fingerprint density at radius 2 is 1.45 bits per heavy atom. The minimum absolute atomic E-state index is 0.173. The maximum Gasteiger partial charge on any atom is 0.194 e. The Morgan fingerprint density at radius 1 is 0.850 bits per heavy atom. The Hall–Kier alpha value is -1.99. The quantitative estimate of drug-likeness (QED) is 0.394. The topological polar surface area (TPSA) is 38.0 Å². The van der Waals surface area contributed by atoms with Gasteiger partial charge in [-0.05, 0) is 23.8 Å². The van der Waals surface area contributed by atoms with Crippen molar-refractivity contribution in [3.63, 3.8) is 0 Å². The van der Waals surface area contributed by atoms with Gasteiger partial charge in [0.05, 0.1) is 6.04 Å². The summed E-state index contributed by atoms with van der Waals surface area (Å²) in [5.74, 6) is -1.67. The average molecular weight is 288 g/mol. The van der Waals surface area contributed by atoms with Gasteiger partial charge in [-0.15, -0.1) is 0 Å². The summed E-state index contributed by atoms with van der Waals surface area (Å²) in [6.07, 6.45) is 0. The van der Waals surface area contributed by atoms with Crippen molar-refractivity contribution < 1.29 is 22.0 Å². The van der Waals surface area contributed by atoms with E-state index in [1.54, 1.807) is 0 Å². The van der Waals surface area contributed by atoms with Gasteiger partial charge in [0.2, 0.25) is 0 Å². The maximum atomic E-state index is 13.7. The van der Waals surface area contributed by atoms with Gasteiger partial charge in [0.25, 0.3) is 0 Å². The summed E-state index contributed by atoms with van der Waals surface area (Å²) >= 11 is 0. The van der Waals surface area contributed by atoms with Crippen LogP contribution in [0.25, 0.3) is 0 Å². The number of benzene rings is 2. The average Bonchev–Trinajstić information content (AvgIpc) is 2.41. The molecule has 0 radical (unpaired) electrons. The highest BCUT2D eigenvalue weighted by atomic mass is 19.2. The van der Waals surface area contributed by atoms with Gasteiger partial charge in [-0.2, -0.15) is 0 Å². The lowest BCUT2D eigenvalue weighted by molar-refractivity contribution is 0.440. The fourth-order valence-electron chi connectivity index (χ4n) is 1.85. The van der Waals surface area contributed by atoms with Crippen molar-refractivity contribution >= 4 is 0 Å². The van der Waals surface area contributed by atoms with Gasteiger partial charge in [0.1, 0.15) is 0 Å². The van der Waals surface area contributed by atoms with Crippen LogP contribution in [0.3, 0.4) is 0 Å². The molecule has 0 aliphatic heterocycles. The zero-order chi connectivity index (χ0) is 14.9. The molecule has 0 saturated carbocycles. The van der Waals surface area contributed by atoms with E-state index in [1.807, 2.05) is 0 Å². The first-order chi connectivity index (χ1) is 9.45. The molecule has 2 rings (SSSR count). The van der Waals surface area contributed by atoms with Crippen LogP contribution in [0.1, 0.15) is 17.2 Å². The molecule has 0 aliphatic rings. The lowest BCUT2D eigenvalue weighted by Crippen LogP contribution is -2.30. The minimum atomic E-state index is -1.65. The summed E-state index contributed by atoms with van der Waals surface area (Å²) in [5, 5.41) is 0. The third-order valence-corrected chi connectivity index (χ3v) is 2.80. The lowest BCUT2D eigenvalue weighted by atomic mass is 9.98. The molecule has 0 saturated heterocycles. The standard InChI is InChI=1S/C13H9F5N2/c14-8-3-1-2-7(11(8)17)13(20-19)6-4-9(15)12(18)10(16)5-6/h1-5,13,20H,19H2. The van der Waals surface area contributed by atoms with Crippen LogP contribution in [-0.2, 0) is 0 Å². The van der Waals surface area contributed by atoms with Crippen LogP contribution >= 0.6 is 0 Å². The first kappa shape index (κ1) is 14.4. The third kappa shape index (κ3) is 2.50. The number of hydrazine groups is 1. The Balaban J connectivity index is 2.55. The lowest BCUT2D eigenvalue weighted by Gasteiger charge is -2.18. The monoisotopic (exact) mass is 288 g/mol. The van der Waals surface area contributed by atoms with Gasteiger partial charge < -0.3 is 0 Å². The number of hydrogen-bond donors (Lipinski definition) is 2. The van der Waals surface area contributed by atoms with E-state index < -0.39 is 35.1 Å². The molecule has 0 fully saturated rings. The van der Waals surface area contributed by atoms with Crippen LogP contribution < -0.4 is 11.3 Å². The zero-order valence-corrected chi connectivity index (χ0v) is 9.93. The molecular weight excluding hydrogens is 279 g/mol. The molecule has 3 N–H and O–H groups in total. The fourth-order valence-corrected chi connectivity index (χ4v) is 1.85. The van der Waals surface area contributed by atoms with Crippen LogP contribution in [0.2, 0.25) is 0 Å². The van der Waals surface area contributed by atoms with E-state index in [2.05, 4.69) is 5.43 Å². The van der Waals surface area contributed by atoms with E-state index in [0.717, 1.165) is 6.07 Å². The molecule has 0 heterocycles.